The molecule has 0 aliphatic carbocycles. The third-order valence-corrected chi connectivity index (χ3v) is 4.70. The van der Waals surface area contributed by atoms with Gasteiger partial charge < -0.3 is 8.60 Å². The molecule has 134 valence electrons. The van der Waals surface area contributed by atoms with Crippen LogP contribution in [0.5, 0.6) is 5.75 Å². The smallest absolute Gasteiger partial charge is 0.336 e. The Kier molecular flexibility index (Phi) is 4.95. The van der Waals surface area contributed by atoms with Crippen molar-refractivity contribution in [2.24, 2.45) is 0 Å². The lowest BCUT2D eigenvalue weighted by Gasteiger charge is -2.09. The highest BCUT2D eigenvalue weighted by Gasteiger charge is 2.13. The molecule has 0 saturated heterocycles. The molecule has 0 atom stereocenters. The summed E-state index contributed by atoms with van der Waals surface area (Å²) in [7, 11) is -3.94. The summed E-state index contributed by atoms with van der Waals surface area (Å²) in [4.78, 5) is 11.7. The molecule has 6 heteroatoms. The van der Waals surface area contributed by atoms with Gasteiger partial charge in [0, 0.05) is 17.5 Å². The first-order valence-corrected chi connectivity index (χ1v) is 9.57. The zero-order chi connectivity index (χ0) is 18.7. The van der Waals surface area contributed by atoms with Gasteiger partial charge in [0.2, 0.25) is 0 Å². The Morgan fingerprint density at radius 2 is 1.77 bits per heavy atom. The third-order valence-electron chi connectivity index (χ3n) is 3.81. The molecule has 0 N–H and O–H groups in total. The van der Waals surface area contributed by atoms with Crippen molar-refractivity contribution < 1.29 is 17.0 Å². The molecule has 0 radical (unpaired) electrons. The molecule has 0 saturated carbocycles. The molecule has 0 amide bonds. The molecule has 2 aromatic carbocycles. The van der Waals surface area contributed by atoms with Crippen molar-refractivity contribution in [3.05, 3.63) is 81.6 Å². The lowest BCUT2D eigenvalue weighted by Crippen LogP contribution is -2.06. The van der Waals surface area contributed by atoms with Crippen molar-refractivity contribution in [2.45, 2.75) is 19.8 Å². The van der Waals surface area contributed by atoms with Gasteiger partial charge >= 0.3 is 15.7 Å². The van der Waals surface area contributed by atoms with Crippen molar-refractivity contribution >= 4 is 27.2 Å². The van der Waals surface area contributed by atoms with Crippen LogP contribution in [0, 0.1) is 0 Å². The zero-order valence-electron chi connectivity index (χ0n) is 14.4. The van der Waals surface area contributed by atoms with Gasteiger partial charge in [-0.05, 0) is 35.3 Å². The van der Waals surface area contributed by atoms with E-state index in [-0.39, 0.29) is 11.7 Å². The molecule has 5 nitrogen and oxygen atoms in total. The van der Waals surface area contributed by atoms with E-state index in [2.05, 4.69) is 0 Å². The van der Waals surface area contributed by atoms with Gasteiger partial charge in [0.1, 0.15) is 11.3 Å². The minimum Gasteiger partial charge on any atom is -0.423 e. The lowest BCUT2D eigenvalue weighted by molar-refractivity contribution is 0.495. The van der Waals surface area contributed by atoms with E-state index in [9.17, 15) is 13.2 Å². The fraction of sp³-hybridized carbons (Fsp3) is 0.150. The van der Waals surface area contributed by atoms with E-state index in [1.54, 1.807) is 24.3 Å². The average Bonchev–Trinajstić information content (AvgIpc) is 2.59. The molecule has 0 unspecified atom stereocenters. The molecule has 0 bridgehead atoms. The van der Waals surface area contributed by atoms with E-state index in [1.807, 2.05) is 32.0 Å². The highest BCUT2D eigenvalue weighted by Crippen LogP contribution is 2.27. The summed E-state index contributed by atoms with van der Waals surface area (Å²) in [6.07, 6.45) is 1.45. The van der Waals surface area contributed by atoms with E-state index >= 15 is 0 Å². The highest BCUT2D eigenvalue weighted by molar-refractivity contribution is 7.90. The van der Waals surface area contributed by atoms with Crippen LogP contribution in [0.1, 0.15) is 30.9 Å². The molecule has 3 rings (SSSR count). The van der Waals surface area contributed by atoms with E-state index in [0.29, 0.717) is 5.58 Å². The van der Waals surface area contributed by atoms with E-state index in [4.69, 9.17) is 8.60 Å². The second kappa shape index (κ2) is 7.17. The largest absolute Gasteiger partial charge is 0.423 e. The monoisotopic (exact) mass is 370 g/mol. The van der Waals surface area contributed by atoms with E-state index < -0.39 is 15.7 Å². The van der Waals surface area contributed by atoms with E-state index in [1.165, 1.54) is 18.2 Å². The average molecular weight is 370 g/mol. The summed E-state index contributed by atoms with van der Waals surface area (Å²) in [5.74, 6) is 0.213. The molecular weight excluding hydrogens is 352 g/mol. The summed E-state index contributed by atoms with van der Waals surface area (Å²) in [6.45, 7) is 3.94. The van der Waals surface area contributed by atoms with Gasteiger partial charge in [0.05, 0.1) is 5.41 Å². The maximum Gasteiger partial charge on any atom is 0.336 e. The fourth-order valence-electron chi connectivity index (χ4n) is 2.59. The van der Waals surface area contributed by atoms with Crippen LogP contribution in [0.3, 0.4) is 0 Å². The highest BCUT2D eigenvalue weighted by atomic mass is 32.2. The normalized spacial score (nSPS) is 12.1. The van der Waals surface area contributed by atoms with Crippen LogP contribution in [0.25, 0.3) is 17.0 Å². The lowest BCUT2D eigenvalue weighted by atomic mass is 10.00. The predicted octanol–water partition coefficient (Wildman–Crippen LogP) is 4.30. The van der Waals surface area contributed by atoms with Crippen molar-refractivity contribution in [3.63, 3.8) is 0 Å². The summed E-state index contributed by atoms with van der Waals surface area (Å²) >= 11 is 0. The number of rotatable bonds is 5. The molecular formula is C20H18O5S. The summed E-state index contributed by atoms with van der Waals surface area (Å²) in [5, 5.41) is 1.75. The van der Waals surface area contributed by atoms with Crippen molar-refractivity contribution in [1.29, 1.82) is 0 Å². The third kappa shape index (κ3) is 4.21. The molecule has 0 fully saturated rings. The van der Waals surface area contributed by atoms with Crippen LogP contribution < -0.4 is 9.81 Å². The van der Waals surface area contributed by atoms with Crippen molar-refractivity contribution in [2.75, 3.05) is 0 Å². The Bertz CT molecular complexity index is 1110. The SMILES string of the molecule is CC(C)c1cc(=O)oc2cc(OS(=O)(=O)/C=C/c3ccccc3)ccc12. The molecule has 1 heterocycles. The second-order valence-corrected chi connectivity index (χ2v) is 7.55. The summed E-state index contributed by atoms with van der Waals surface area (Å²) in [5.41, 5.74) is 1.39. The van der Waals surface area contributed by atoms with Gasteiger partial charge in [0.15, 0.2) is 0 Å². The van der Waals surface area contributed by atoms with Gasteiger partial charge in [-0.2, -0.15) is 8.42 Å². The van der Waals surface area contributed by atoms with Gasteiger partial charge in [-0.25, -0.2) is 4.79 Å². The number of hydrogen-bond donors (Lipinski definition) is 0. The van der Waals surface area contributed by atoms with Crippen LogP contribution in [-0.2, 0) is 10.1 Å². The molecule has 26 heavy (non-hydrogen) atoms. The van der Waals surface area contributed by atoms with Gasteiger partial charge in [0.25, 0.3) is 0 Å². The van der Waals surface area contributed by atoms with Crippen LogP contribution in [0.15, 0.2) is 69.2 Å². The Hall–Kier alpha value is -2.86. The van der Waals surface area contributed by atoms with Crippen LogP contribution >= 0.6 is 0 Å². The maximum atomic E-state index is 12.2. The van der Waals surface area contributed by atoms with Gasteiger partial charge in [-0.15, -0.1) is 0 Å². The van der Waals surface area contributed by atoms with Crippen molar-refractivity contribution in [1.82, 2.24) is 0 Å². The molecule has 0 aliphatic heterocycles. The van der Waals surface area contributed by atoms with Crippen LogP contribution in [0.4, 0.5) is 0 Å². The first kappa shape index (κ1) is 17.9. The Morgan fingerprint density at radius 1 is 1.04 bits per heavy atom. The number of fused-ring (bicyclic) bond motifs is 1. The van der Waals surface area contributed by atoms with Gasteiger partial charge in [-0.1, -0.05) is 44.2 Å². The maximum absolute atomic E-state index is 12.2. The summed E-state index contributed by atoms with van der Waals surface area (Å²) in [6, 6.07) is 15.1. The second-order valence-electron chi connectivity index (χ2n) is 6.12. The van der Waals surface area contributed by atoms with Crippen molar-refractivity contribution in [3.8, 4) is 5.75 Å². The quantitative estimate of drug-likeness (QED) is 0.495. The topological polar surface area (TPSA) is 73.6 Å². The van der Waals surface area contributed by atoms with E-state index in [0.717, 1.165) is 21.9 Å². The molecule has 3 aromatic rings. The Labute approximate surface area is 151 Å². The number of benzene rings is 2. The first-order chi connectivity index (χ1) is 12.3. The first-order valence-electron chi connectivity index (χ1n) is 8.09. The minimum absolute atomic E-state index is 0.0827. The van der Waals surface area contributed by atoms with Crippen LogP contribution in [0.2, 0.25) is 0 Å². The standard InChI is InChI=1S/C20H18O5S/c1-14(2)18-13-20(21)24-19-12-16(8-9-17(18)19)25-26(22,23)11-10-15-6-4-3-5-7-15/h3-14H,1-2H3/b11-10+. The zero-order valence-corrected chi connectivity index (χ0v) is 15.2. The van der Waals surface area contributed by atoms with Gasteiger partial charge in [-0.3, -0.25) is 0 Å². The Balaban J connectivity index is 1.91. The van der Waals surface area contributed by atoms with Crippen LogP contribution in [-0.4, -0.2) is 8.42 Å². The number of hydrogen-bond acceptors (Lipinski definition) is 5. The molecule has 1 aromatic heterocycles. The molecule has 0 spiro atoms. The molecule has 0 aliphatic rings. The Morgan fingerprint density at radius 3 is 2.46 bits per heavy atom. The summed E-state index contributed by atoms with van der Waals surface area (Å²) < 4.78 is 34.6. The fourth-order valence-corrected chi connectivity index (χ4v) is 3.34. The predicted molar refractivity (Wildman–Crippen MR) is 102 cm³/mol. The minimum atomic E-state index is -3.94.